The van der Waals surface area contributed by atoms with E-state index in [0.717, 1.165) is 17.3 Å². The van der Waals surface area contributed by atoms with Gasteiger partial charge in [0, 0.05) is 17.5 Å². The van der Waals surface area contributed by atoms with Gasteiger partial charge in [0.2, 0.25) is 0 Å². The molecule has 0 amide bonds. The average molecular weight is 270 g/mol. The highest BCUT2D eigenvalue weighted by atomic mass is 35.5. The summed E-state index contributed by atoms with van der Waals surface area (Å²) in [5.74, 6) is 0. The minimum absolute atomic E-state index is 0.575. The first-order chi connectivity index (χ1) is 8.34. The van der Waals surface area contributed by atoms with Crippen LogP contribution >= 0.6 is 22.9 Å². The Bertz CT molecular complexity index is 359. The monoisotopic (exact) mass is 269 g/mol. The van der Waals surface area contributed by atoms with Crippen LogP contribution in [0.3, 0.4) is 0 Å². The quantitative estimate of drug-likeness (QED) is 0.798. The molecule has 0 bridgehead atoms. The van der Waals surface area contributed by atoms with Crippen molar-refractivity contribution in [1.29, 1.82) is 0 Å². The molecule has 17 heavy (non-hydrogen) atoms. The Balaban J connectivity index is 1.71. The van der Waals surface area contributed by atoms with Gasteiger partial charge in [-0.3, -0.25) is 0 Å². The summed E-state index contributed by atoms with van der Waals surface area (Å²) in [6.45, 7) is 1.05. The third kappa shape index (κ3) is 4.82. The maximum absolute atomic E-state index is 5.91. The summed E-state index contributed by atoms with van der Waals surface area (Å²) >= 11 is 7.60. The van der Waals surface area contributed by atoms with Crippen LogP contribution in [0.25, 0.3) is 0 Å². The van der Waals surface area contributed by atoms with E-state index in [9.17, 15) is 0 Å². The normalized spacial score (nSPS) is 23.0. The largest absolute Gasteiger partial charge is 0.310 e. The Morgan fingerprint density at radius 1 is 1.29 bits per heavy atom. The molecule has 94 valence electrons. The van der Waals surface area contributed by atoms with Crippen molar-refractivity contribution in [2.75, 3.05) is 6.54 Å². The predicted molar refractivity (Wildman–Crippen MR) is 77.0 cm³/mol. The molecular formula is C14H20ClNS. The van der Waals surface area contributed by atoms with Crippen molar-refractivity contribution in [2.24, 2.45) is 0 Å². The van der Waals surface area contributed by atoms with Crippen molar-refractivity contribution in [1.82, 2.24) is 5.32 Å². The highest BCUT2D eigenvalue weighted by Crippen LogP contribution is 2.21. The van der Waals surface area contributed by atoms with Crippen molar-refractivity contribution in [3.63, 3.8) is 0 Å². The van der Waals surface area contributed by atoms with E-state index in [2.05, 4.69) is 23.5 Å². The lowest BCUT2D eigenvalue weighted by atomic mass is 10.0. The first-order valence-corrected chi connectivity index (χ1v) is 7.68. The first-order valence-electron chi connectivity index (χ1n) is 6.49. The predicted octanol–water partition coefficient (Wildman–Crippen LogP) is 4.42. The van der Waals surface area contributed by atoms with E-state index >= 15 is 0 Å². The van der Waals surface area contributed by atoms with E-state index in [1.807, 2.05) is 6.07 Å². The van der Waals surface area contributed by atoms with Crippen LogP contribution in [0, 0.1) is 0 Å². The lowest BCUT2D eigenvalue weighted by Crippen LogP contribution is -2.29. The van der Waals surface area contributed by atoms with Gasteiger partial charge in [0.05, 0.1) is 4.34 Å². The number of halogens is 1. The zero-order valence-electron chi connectivity index (χ0n) is 10.1. The lowest BCUT2D eigenvalue weighted by Gasteiger charge is -2.16. The maximum atomic E-state index is 5.91. The van der Waals surface area contributed by atoms with Gasteiger partial charge in [-0.1, -0.05) is 36.6 Å². The first kappa shape index (κ1) is 13.1. The average Bonchev–Trinajstić information content (AvgIpc) is 2.67. The second kappa shape index (κ2) is 7.20. The number of nitrogens with one attached hydrogen (secondary N) is 1. The van der Waals surface area contributed by atoms with Crippen LogP contribution < -0.4 is 5.32 Å². The third-order valence-electron chi connectivity index (χ3n) is 3.16. The van der Waals surface area contributed by atoms with Crippen molar-refractivity contribution in [2.45, 2.75) is 44.6 Å². The van der Waals surface area contributed by atoms with Gasteiger partial charge in [-0.2, -0.15) is 0 Å². The molecule has 1 aromatic rings. The zero-order valence-corrected chi connectivity index (χ0v) is 11.7. The summed E-state index contributed by atoms with van der Waals surface area (Å²) in [5, 5.41) is 3.62. The van der Waals surface area contributed by atoms with Crippen molar-refractivity contribution >= 4 is 22.9 Å². The van der Waals surface area contributed by atoms with Gasteiger partial charge in [-0.25, -0.2) is 0 Å². The van der Waals surface area contributed by atoms with Crippen LogP contribution in [-0.2, 0) is 6.42 Å². The number of allylic oxidation sites excluding steroid dienone is 1. The lowest BCUT2D eigenvalue weighted by molar-refractivity contribution is 0.512. The van der Waals surface area contributed by atoms with Crippen LogP contribution in [0.2, 0.25) is 4.34 Å². The molecule has 1 nitrogen and oxygen atoms in total. The second-order valence-electron chi connectivity index (χ2n) is 4.58. The summed E-state index contributed by atoms with van der Waals surface area (Å²) in [6, 6.07) is 4.69. The van der Waals surface area contributed by atoms with Gasteiger partial charge in [0.1, 0.15) is 0 Å². The Morgan fingerprint density at radius 3 is 3.06 bits per heavy atom. The van der Waals surface area contributed by atoms with Crippen molar-refractivity contribution in [3.8, 4) is 0 Å². The fraction of sp³-hybridized carbons (Fsp3) is 0.571. The van der Waals surface area contributed by atoms with E-state index in [1.54, 1.807) is 11.3 Å². The summed E-state index contributed by atoms with van der Waals surface area (Å²) in [4.78, 5) is 1.37. The Kier molecular flexibility index (Phi) is 5.56. The van der Waals surface area contributed by atoms with E-state index in [1.165, 1.54) is 37.0 Å². The fourth-order valence-corrected chi connectivity index (χ4v) is 3.28. The third-order valence-corrected chi connectivity index (χ3v) is 4.45. The molecule has 0 radical (unpaired) electrons. The fourth-order valence-electron chi connectivity index (χ4n) is 2.20. The molecule has 1 atom stereocenters. The van der Waals surface area contributed by atoms with Gasteiger partial charge in [-0.05, 0) is 37.8 Å². The summed E-state index contributed by atoms with van der Waals surface area (Å²) < 4.78 is 0.894. The molecule has 1 aromatic heterocycles. The molecule has 0 fully saturated rings. The van der Waals surface area contributed by atoms with Gasteiger partial charge >= 0.3 is 0 Å². The van der Waals surface area contributed by atoms with E-state index in [4.69, 9.17) is 11.6 Å². The van der Waals surface area contributed by atoms with E-state index < -0.39 is 0 Å². The molecule has 1 unspecified atom stereocenters. The van der Waals surface area contributed by atoms with Crippen LogP contribution in [0.1, 0.15) is 37.0 Å². The van der Waals surface area contributed by atoms with Crippen LogP contribution in [0.5, 0.6) is 0 Å². The molecule has 3 heteroatoms. The number of hydrogen-bond acceptors (Lipinski definition) is 2. The molecule has 1 aliphatic carbocycles. The zero-order chi connectivity index (χ0) is 11.9. The molecule has 1 heterocycles. The summed E-state index contributed by atoms with van der Waals surface area (Å²) in [6.07, 6.45) is 12.4. The molecule has 1 aliphatic rings. The second-order valence-corrected chi connectivity index (χ2v) is 6.38. The summed E-state index contributed by atoms with van der Waals surface area (Å²) in [7, 11) is 0. The Morgan fingerprint density at radius 2 is 2.24 bits per heavy atom. The number of hydrogen-bond donors (Lipinski definition) is 1. The minimum Gasteiger partial charge on any atom is -0.310 e. The smallest absolute Gasteiger partial charge is 0.0931 e. The molecule has 0 aliphatic heterocycles. The highest BCUT2D eigenvalue weighted by Gasteiger charge is 2.06. The molecule has 0 saturated carbocycles. The molecule has 2 rings (SSSR count). The van der Waals surface area contributed by atoms with Crippen molar-refractivity contribution < 1.29 is 0 Å². The van der Waals surface area contributed by atoms with E-state index in [-0.39, 0.29) is 0 Å². The van der Waals surface area contributed by atoms with Crippen molar-refractivity contribution in [3.05, 3.63) is 33.5 Å². The highest BCUT2D eigenvalue weighted by molar-refractivity contribution is 7.16. The maximum Gasteiger partial charge on any atom is 0.0931 e. The van der Waals surface area contributed by atoms with Gasteiger partial charge < -0.3 is 5.32 Å². The molecule has 0 aromatic carbocycles. The SMILES string of the molecule is Clc1ccc(CCNC2/C=C/CCCCC2)s1. The van der Waals surface area contributed by atoms with Gasteiger partial charge in [-0.15, -0.1) is 11.3 Å². The number of rotatable bonds is 4. The minimum atomic E-state index is 0.575. The van der Waals surface area contributed by atoms with Gasteiger partial charge in [0.25, 0.3) is 0 Å². The standard InChI is InChI=1S/C14H20ClNS/c15-14-9-8-13(17-14)10-11-16-12-6-4-2-1-3-5-7-12/h4,6,8-9,12,16H,1-3,5,7,10-11H2/b6-4+. The van der Waals surface area contributed by atoms with Crippen LogP contribution in [0.15, 0.2) is 24.3 Å². The Hall–Kier alpha value is -0.310. The topological polar surface area (TPSA) is 12.0 Å². The molecule has 0 saturated heterocycles. The molecular weight excluding hydrogens is 250 g/mol. The van der Waals surface area contributed by atoms with Gasteiger partial charge in [0.15, 0.2) is 0 Å². The molecule has 1 N–H and O–H groups in total. The van der Waals surface area contributed by atoms with Crippen LogP contribution in [-0.4, -0.2) is 12.6 Å². The Labute approximate surface area is 113 Å². The van der Waals surface area contributed by atoms with Crippen LogP contribution in [0.4, 0.5) is 0 Å². The molecule has 0 spiro atoms. The van der Waals surface area contributed by atoms with E-state index in [0.29, 0.717) is 6.04 Å². The summed E-state index contributed by atoms with van der Waals surface area (Å²) in [5.41, 5.74) is 0. The number of thiophene rings is 1.